The molecule has 2 aromatic rings. The van der Waals surface area contributed by atoms with Crippen LogP contribution in [0.15, 0.2) is 54.6 Å². The predicted octanol–water partition coefficient (Wildman–Crippen LogP) is 5.82. The SMILES string of the molecule is CC(C)C[C@H](NC(=O)N[C@@H](C)c1ccccc1)c1ccccc1N1CCCCC1. The molecule has 2 amide bonds. The average Bonchev–Trinajstić information content (AvgIpc) is 2.74. The Kier molecular flexibility index (Phi) is 7.56. The first-order chi connectivity index (χ1) is 14.0. The molecule has 0 radical (unpaired) electrons. The van der Waals surface area contributed by atoms with Gasteiger partial charge < -0.3 is 15.5 Å². The van der Waals surface area contributed by atoms with E-state index in [1.807, 2.05) is 37.3 Å². The topological polar surface area (TPSA) is 44.4 Å². The van der Waals surface area contributed by atoms with Gasteiger partial charge in [0, 0.05) is 18.8 Å². The second kappa shape index (κ2) is 10.3. The van der Waals surface area contributed by atoms with Gasteiger partial charge >= 0.3 is 6.03 Å². The van der Waals surface area contributed by atoms with E-state index in [0.29, 0.717) is 5.92 Å². The van der Waals surface area contributed by atoms with Crippen LogP contribution in [0.25, 0.3) is 0 Å². The number of rotatable bonds is 7. The van der Waals surface area contributed by atoms with E-state index in [1.54, 1.807) is 0 Å². The van der Waals surface area contributed by atoms with Crippen molar-refractivity contribution >= 4 is 11.7 Å². The van der Waals surface area contributed by atoms with Gasteiger partial charge in [0.1, 0.15) is 0 Å². The highest BCUT2D eigenvalue weighted by Gasteiger charge is 2.23. The van der Waals surface area contributed by atoms with Crippen LogP contribution >= 0.6 is 0 Å². The van der Waals surface area contributed by atoms with Gasteiger partial charge in [-0.15, -0.1) is 0 Å². The van der Waals surface area contributed by atoms with Crippen molar-refractivity contribution < 1.29 is 4.79 Å². The summed E-state index contributed by atoms with van der Waals surface area (Å²) in [4.78, 5) is 15.3. The minimum Gasteiger partial charge on any atom is -0.371 e. The highest BCUT2D eigenvalue weighted by atomic mass is 16.2. The molecule has 3 rings (SSSR count). The van der Waals surface area contributed by atoms with Crippen LogP contribution in [-0.2, 0) is 0 Å². The summed E-state index contributed by atoms with van der Waals surface area (Å²) >= 11 is 0. The van der Waals surface area contributed by atoms with Gasteiger partial charge in [-0.05, 0) is 55.7 Å². The third-order valence-corrected chi connectivity index (χ3v) is 5.67. The normalized spacial score (nSPS) is 16.3. The molecular formula is C25H35N3O. The lowest BCUT2D eigenvalue weighted by molar-refractivity contribution is 0.232. The zero-order valence-corrected chi connectivity index (χ0v) is 18.0. The lowest BCUT2D eigenvalue weighted by Crippen LogP contribution is -2.40. The maximum atomic E-state index is 12.8. The molecule has 0 unspecified atom stereocenters. The van der Waals surface area contributed by atoms with Crippen LogP contribution in [0, 0.1) is 5.92 Å². The molecule has 1 fully saturated rings. The Morgan fingerprint density at radius 1 is 0.897 bits per heavy atom. The van der Waals surface area contributed by atoms with Gasteiger partial charge in [0.15, 0.2) is 0 Å². The van der Waals surface area contributed by atoms with Crippen LogP contribution in [0.1, 0.15) is 69.7 Å². The molecule has 0 bridgehead atoms. The second-order valence-electron chi connectivity index (χ2n) is 8.54. The maximum Gasteiger partial charge on any atom is 0.315 e. The summed E-state index contributed by atoms with van der Waals surface area (Å²) in [7, 11) is 0. The zero-order chi connectivity index (χ0) is 20.6. The monoisotopic (exact) mass is 393 g/mol. The molecule has 29 heavy (non-hydrogen) atoms. The van der Waals surface area contributed by atoms with E-state index in [9.17, 15) is 4.79 Å². The average molecular weight is 394 g/mol. The van der Waals surface area contributed by atoms with Crippen molar-refractivity contribution in [2.24, 2.45) is 5.92 Å². The molecule has 156 valence electrons. The number of nitrogens with zero attached hydrogens (tertiary/aromatic N) is 1. The summed E-state index contributed by atoms with van der Waals surface area (Å²) < 4.78 is 0. The molecule has 4 nitrogen and oxygen atoms in total. The van der Waals surface area contributed by atoms with E-state index < -0.39 is 0 Å². The molecule has 0 saturated carbocycles. The molecule has 0 aliphatic carbocycles. The van der Waals surface area contributed by atoms with Gasteiger partial charge in [0.25, 0.3) is 0 Å². The predicted molar refractivity (Wildman–Crippen MR) is 121 cm³/mol. The number of piperidine rings is 1. The van der Waals surface area contributed by atoms with E-state index in [2.05, 4.69) is 53.6 Å². The van der Waals surface area contributed by atoms with E-state index in [0.717, 1.165) is 25.1 Å². The van der Waals surface area contributed by atoms with Gasteiger partial charge in [-0.2, -0.15) is 0 Å². The summed E-state index contributed by atoms with van der Waals surface area (Å²) in [5, 5.41) is 6.37. The molecule has 0 spiro atoms. The molecule has 1 aliphatic rings. The Hall–Kier alpha value is -2.49. The summed E-state index contributed by atoms with van der Waals surface area (Å²) in [6.45, 7) is 8.64. The molecule has 1 heterocycles. The van der Waals surface area contributed by atoms with Crippen LogP contribution in [0.4, 0.5) is 10.5 Å². The van der Waals surface area contributed by atoms with Crippen LogP contribution in [-0.4, -0.2) is 19.1 Å². The third-order valence-electron chi connectivity index (χ3n) is 5.67. The Morgan fingerprint density at radius 2 is 1.55 bits per heavy atom. The van der Waals surface area contributed by atoms with Crippen molar-refractivity contribution in [3.05, 3.63) is 65.7 Å². The first-order valence-electron chi connectivity index (χ1n) is 11.0. The number of benzene rings is 2. The number of para-hydroxylation sites is 1. The van der Waals surface area contributed by atoms with Gasteiger partial charge in [0.2, 0.25) is 0 Å². The number of urea groups is 1. The molecule has 2 atom stereocenters. The first-order valence-corrected chi connectivity index (χ1v) is 11.0. The lowest BCUT2D eigenvalue weighted by atomic mass is 9.94. The van der Waals surface area contributed by atoms with Gasteiger partial charge in [-0.25, -0.2) is 4.79 Å². The fourth-order valence-electron chi connectivity index (χ4n) is 4.16. The number of nitrogens with one attached hydrogen (secondary N) is 2. The molecule has 1 saturated heterocycles. The van der Waals surface area contributed by atoms with E-state index >= 15 is 0 Å². The highest BCUT2D eigenvalue weighted by Crippen LogP contribution is 2.32. The molecule has 2 N–H and O–H groups in total. The van der Waals surface area contributed by atoms with Crippen LogP contribution in [0.5, 0.6) is 0 Å². The smallest absolute Gasteiger partial charge is 0.315 e. The van der Waals surface area contributed by atoms with Crippen LogP contribution in [0.3, 0.4) is 0 Å². The zero-order valence-electron chi connectivity index (χ0n) is 18.0. The van der Waals surface area contributed by atoms with Crippen molar-refractivity contribution in [3.63, 3.8) is 0 Å². The Morgan fingerprint density at radius 3 is 2.24 bits per heavy atom. The fraction of sp³-hybridized carbons (Fsp3) is 0.480. The lowest BCUT2D eigenvalue weighted by Gasteiger charge is -2.33. The highest BCUT2D eigenvalue weighted by molar-refractivity contribution is 5.75. The molecule has 0 aromatic heterocycles. The molecular weight excluding hydrogens is 358 g/mol. The Balaban J connectivity index is 1.75. The van der Waals surface area contributed by atoms with Crippen LogP contribution < -0.4 is 15.5 Å². The van der Waals surface area contributed by atoms with Crippen molar-refractivity contribution in [1.82, 2.24) is 10.6 Å². The minimum atomic E-state index is -0.111. The third kappa shape index (κ3) is 5.99. The summed E-state index contributed by atoms with van der Waals surface area (Å²) in [6.07, 6.45) is 4.71. The van der Waals surface area contributed by atoms with E-state index in [1.165, 1.54) is 30.5 Å². The maximum absolute atomic E-state index is 12.8. The number of hydrogen-bond donors (Lipinski definition) is 2. The molecule has 1 aliphatic heterocycles. The number of amides is 2. The number of anilines is 1. The summed E-state index contributed by atoms with van der Waals surface area (Å²) in [5.74, 6) is 0.487. The van der Waals surface area contributed by atoms with Crippen molar-refractivity contribution in [3.8, 4) is 0 Å². The van der Waals surface area contributed by atoms with E-state index in [4.69, 9.17) is 0 Å². The fourth-order valence-corrected chi connectivity index (χ4v) is 4.16. The van der Waals surface area contributed by atoms with Crippen molar-refractivity contribution in [2.75, 3.05) is 18.0 Å². The van der Waals surface area contributed by atoms with Gasteiger partial charge in [-0.3, -0.25) is 0 Å². The first kappa shape index (κ1) is 21.2. The number of carbonyl (C=O) groups is 1. The quantitative estimate of drug-likeness (QED) is 0.622. The van der Waals surface area contributed by atoms with E-state index in [-0.39, 0.29) is 18.1 Å². The Bertz CT molecular complexity index is 769. The van der Waals surface area contributed by atoms with Crippen molar-refractivity contribution in [1.29, 1.82) is 0 Å². The number of carbonyl (C=O) groups excluding carboxylic acids is 1. The van der Waals surface area contributed by atoms with Gasteiger partial charge in [-0.1, -0.05) is 62.4 Å². The Labute approximate surface area is 175 Å². The van der Waals surface area contributed by atoms with Gasteiger partial charge in [0.05, 0.1) is 12.1 Å². The number of hydrogen-bond acceptors (Lipinski definition) is 2. The summed E-state index contributed by atoms with van der Waals surface area (Å²) in [6, 6.07) is 18.5. The standard InChI is InChI=1S/C25H35N3O/c1-19(2)18-23(27-25(29)26-20(3)21-12-6-4-7-13-21)22-14-8-9-15-24(22)28-16-10-5-11-17-28/h4,6-9,12-15,19-20,23H,5,10-11,16-18H2,1-3H3,(H2,26,27,29)/t20-,23-/m0/s1. The van der Waals surface area contributed by atoms with Crippen molar-refractivity contribution in [2.45, 2.75) is 58.5 Å². The molecule has 2 aromatic carbocycles. The van der Waals surface area contributed by atoms with Crippen LogP contribution in [0.2, 0.25) is 0 Å². The minimum absolute atomic E-state index is 0.00361. The second-order valence-corrected chi connectivity index (χ2v) is 8.54. The summed E-state index contributed by atoms with van der Waals surface area (Å²) in [5.41, 5.74) is 3.61. The largest absolute Gasteiger partial charge is 0.371 e. The molecule has 4 heteroatoms.